The van der Waals surface area contributed by atoms with Crippen LogP contribution in [0.15, 0.2) is 64.6 Å². The molecule has 3 N–H and O–H groups in total. The van der Waals surface area contributed by atoms with Gasteiger partial charge in [0, 0.05) is 57.2 Å². The van der Waals surface area contributed by atoms with Crippen LogP contribution in [-0.2, 0) is 25.3 Å². The number of amides is 1. The van der Waals surface area contributed by atoms with Gasteiger partial charge in [-0.3, -0.25) is 4.79 Å². The van der Waals surface area contributed by atoms with E-state index in [1.807, 2.05) is 25.2 Å². The summed E-state index contributed by atoms with van der Waals surface area (Å²) >= 11 is 0. The van der Waals surface area contributed by atoms with Gasteiger partial charge < -0.3 is 25.4 Å². The summed E-state index contributed by atoms with van der Waals surface area (Å²) < 4.78 is 7.00. The van der Waals surface area contributed by atoms with Crippen LogP contribution in [-0.4, -0.2) is 59.8 Å². The van der Waals surface area contributed by atoms with Gasteiger partial charge in [-0.2, -0.15) is 15.0 Å². The molecule has 2 heterocycles. The number of nitrogens with one attached hydrogen (secondary N) is 3. The van der Waals surface area contributed by atoms with Crippen LogP contribution < -0.4 is 21.7 Å². The summed E-state index contributed by atoms with van der Waals surface area (Å²) in [6.45, 7) is 11.9. The summed E-state index contributed by atoms with van der Waals surface area (Å²) in [6, 6.07) is 14.4. The molecule has 10 heteroatoms. The molecule has 1 aliphatic heterocycles. The van der Waals surface area contributed by atoms with E-state index >= 15 is 0 Å². The number of nitriles is 1. The maximum Gasteiger partial charge on any atom is 0.459 e. The fourth-order valence-electron chi connectivity index (χ4n) is 7.12. The third-order valence-electron chi connectivity index (χ3n) is 9.33. The van der Waals surface area contributed by atoms with Crippen LogP contribution in [0, 0.1) is 11.3 Å². The molecule has 1 fully saturated rings. The van der Waals surface area contributed by atoms with Gasteiger partial charge in [0.25, 0.3) is 5.91 Å². The lowest BCUT2D eigenvalue weighted by Crippen LogP contribution is -2.43. The molecule has 45 heavy (non-hydrogen) atoms. The first-order chi connectivity index (χ1) is 21.6. The lowest BCUT2D eigenvalue weighted by Gasteiger charge is -2.40. The van der Waals surface area contributed by atoms with Crippen molar-refractivity contribution in [2.45, 2.75) is 62.9 Å². The Morgan fingerprint density at radius 1 is 1.11 bits per heavy atom. The van der Waals surface area contributed by atoms with Crippen molar-refractivity contribution >= 4 is 11.6 Å². The van der Waals surface area contributed by atoms with Crippen molar-refractivity contribution in [2.24, 2.45) is 7.05 Å². The van der Waals surface area contributed by atoms with E-state index < -0.39 is 11.2 Å². The van der Waals surface area contributed by atoms with Gasteiger partial charge in [0.15, 0.2) is 5.82 Å². The maximum absolute atomic E-state index is 12.7. The van der Waals surface area contributed by atoms with Crippen LogP contribution >= 0.6 is 0 Å². The normalized spacial score (nSPS) is 19.8. The SMILES string of the molecule is C=C(NC)c1ccc2c(c1)CCCc1cc(C(=O)NC)ccc1C2(C[C@@H](C)NCC(=C)N1CCCC1C#N)c1nc(=O)on1C. The van der Waals surface area contributed by atoms with Gasteiger partial charge in [-0.1, -0.05) is 31.4 Å². The van der Waals surface area contributed by atoms with Crippen molar-refractivity contribution in [1.29, 1.82) is 5.26 Å². The lowest BCUT2D eigenvalue weighted by atomic mass is 9.64. The molecule has 1 aliphatic carbocycles. The number of likely N-dealkylation sites (tertiary alicyclic amines) is 1. The Kier molecular flexibility index (Phi) is 9.30. The molecular weight excluding hydrogens is 566 g/mol. The number of aryl methyl sites for hydroxylation is 3. The van der Waals surface area contributed by atoms with Crippen molar-refractivity contribution in [3.63, 3.8) is 0 Å². The summed E-state index contributed by atoms with van der Waals surface area (Å²) in [5.74, 6) is -0.313. The Morgan fingerprint density at radius 2 is 1.78 bits per heavy atom. The molecule has 2 aromatic carbocycles. The van der Waals surface area contributed by atoms with Gasteiger partial charge in [0.05, 0.1) is 11.5 Å². The molecule has 1 saturated heterocycles. The zero-order valence-corrected chi connectivity index (χ0v) is 26.7. The molecule has 236 valence electrons. The van der Waals surface area contributed by atoms with Crippen molar-refractivity contribution in [3.8, 4) is 6.07 Å². The first kappa shape index (κ1) is 31.8. The average Bonchev–Trinajstić information content (AvgIpc) is 3.66. The quantitative estimate of drug-likeness (QED) is 0.318. The van der Waals surface area contributed by atoms with E-state index in [4.69, 9.17) is 4.52 Å². The van der Waals surface area contributed by atoms with E-state index in [1.165, 1.54) is 4.74 Å². The number of nitrogens with zero attached hydrogens (tertiary/aromatic N) is 4. The largest absolute Gasteiger partial charge is 0.459 e. The van der Waals surface area contributed by atoms with Gasteiger partial charge >= 0.3 is 5.76 Å². The van der Waals surface area contributed by atoms with Gasteiger partial charge in [-0.25, -0.2) is 4.79 Å². The molecule has 5 rings (SSSR count). The number of hydrogen-bond acceptors (Lipinski definition) is 8. The standard InChI is InChI=1S/C35H43N7O3/c1-22(39-21-23(2)42-16-8-11-29(42)20-36)19-35(33-40-34(44)45-41(33)6)30-14-12-25(24(3)37-4)17-26(30)9-7-10-27-18-28(32(43)38-5)13-15-31(27)35/h12-15,17-18,22,29,37,39H,2-3,7-11,16,19,21H2,1,4-6H3,(H,38,43)/t22-,29?,35?/m1/s1. The van der Waals surface area contributed by atoms with Gasteiger partial charge in [-0.05, 0) is 91.5 Å². The lowest BCUT2D eigenvalue weighted by molar-refractivity contribution is 0.0963. The smallest absolute Gasteiger partial charge is 0.388 e. The maximum atomic E-state index is 12.7. The monoisotopic (exact) mass is 609 g/mol. The summed E-state index contributed by atoms with van der Waals surface area (Å²) in [6.07, 6.45) is 4.77. The zero-order valence-electron chi connectivity index (χ0n) is 26.7. The fourth-order valence-corrected chi connectivity index (χ4v) is 7.12. The minimum Gasteiger partial charge on any atom is -0.388 e. The Labute approximate surface area is 264 Å². The van der Waals surface area contributed by atoms with Crippen LogP contribution in [0.3, 0.4) is 0 Å². The molecule has 10 nitrogen and oxygen atoms in total. The summed E-state index contributed by atoms with van der Waals surface area (Å²) in [7, 11) is 5.20. The molecule has 0 spiro atoms. The fraction of sp³-hybridized carbons (Fsp3) is 0.429. The number of aromatic nitrogens is 2. The van der Waals surface area contributed by atoms with Gasteiger partial charge in [0.2, 0.25) is 0 Å². The molecular formula is C35H43N7O3. The molecule has 2 unspecified atom stereocenters. The van der Waals surface area contributed by atoms with Crippen LogP contribution in [0.2, 0.25) is 0 Å². The number of fused-ring (bicyclic) bond motifs is 2. The highest BCUT2D eigenvalue weighted by Gasteiger charge is 2.46. The molecule has 1 amide bonds. The van der Waals surface area contributed by atoms with Crippen LogP contribution in [0.1, 0.15) is 76.6 Å². The number of rotatable bonds is 10. The summed E-state index contributed by atoms with van der Waals surface area (Å²) in [5, 5.41) is 19.2. The third kappa shape index (κ3) is 6.05. The second kappa shape index (κ2) is 13.2. The Balaban J connectivity index is 1.67. The van der Waals surface area contributed by atoms with E-state index in [9.17, 15) is 14.9 Å². The minimum atomic E-state index is -0.899. The molecule has 0 saturated carbocycles. The zero-order chi connectivity index (χ0) is 32.3. The predicted octanol–water partition coefficient (Wildman–Crippen LogP) is 3.62. The van der Waals surface area contributed by atoms with Crippen LogP contribution in [0.25, 0.3) is 5.70 Å². The number of hydrogen-bond donors (Lipinski definition) is 3. The first-order valence-corrected chi connectivity index (χ1v) is 15.6. The van der Waals surface area contributed by atoms with Crippen molar-refractivity contribution in [1.82, 2.24) is 30.6 Å². The van der Waals surface area contributed by atoms with E-state index in [0.29, 0.717) is 24.4 Å². The van der Waals surface area contributed by atoms with E-state index in [-0.39, 0.29) is 18.0 Å². The second-order valence-corrected chi connectivity index (χ2v) is 12.1. The van der Waals surface area contributed by atoms with Crippen molar-refractivity contribution in [2.75, 3.05) is 27.2 Å². The molecule has 0 radical (unpaired) electrons. The van der Waals surface area contributed by atoms with E-state index in [0.717, 1.165) is 77.9 Å². The van der Waals surface area contributed by atoms with Crippen LogP contribution in [0.4, 0.5) is 0 Å². The summed E-state index contributed by atoms with van der Waals surface area (Å²) in [5.41, 5.74) is 6.58. The minimum absolute atomic E-state index is 0.0811. The number of carbonyl (C=O) groups is 1. The second-order valence-electron chi connectivity index (χ2n) is 12.1. The van der Waals surface area contributed by atoms with Crippen LogP contribution in [0.5, 0.6) is 0 Å². The van der Waals surface area contributed by atoms with Crippen molar-refractivity contribution in [3.05, 3.63) is 105 Å². The Hall–Kier alpha value is -4.62. The number of benzene rings is 2. The highest BCUT2D eigenvalue weighted by molar-refractivity contribution is 5.94. The van der Waals surface area contributed by atoms with E-state index in [2.05, 4.69) is 70.2 Å². The van der Waals surface area contributed by atoms with Crippen molar-refractivity contribution < 1.29 is 9.32 Å². The molecule has 3 aromatic rings. The highest BCUT2D eigenvalue weighted by Crippen LogP contribution is 2.47. The predicted molar refractivity (Wildman–Crippen MR) is 175 cm³/mol. The molecule has 2 aliphatic rings. The molecule has 3 atom stereocenters. The van der Waals surface area contributed by atoms with Gasteiger partial charge in [0.1, 0.15) is 6.04 Å². The Morgan fingerprint density at radius 3 is 2.38 bits per heavy atom. The van der Waals surface area contributed by atoms with Gasteiger partial charge in [-0.15, -0.1) is 0 Å². The topological polar surface area (TPSA) is 128 Å². The molecule has 1 aromatic heterocycles. The average molecular weight is 610 g/mol. The first-order valence-electron chi connectivity index (χ1n) is 15.6. The summed E-state index contributed by atoms with van der Waals surface area (Å²) in [4.78, 5) is 32.0. The Bertz CT molecular complexity index is 1640. The molecule has 0 bridgehead atoms. The van der Waals surface area contributed by atoms with E-state index in [1.54, 1.807) is 14.1 Å². The number of carbonyl (C=O) groups excluding carboxylic acids is 1. The highest BCUT2D eigenvalue weighted by atomic mass is 16.5. The third-order valence-corrected chi connectivity index (χ3v) is 9.33.